The van der Waals surface area contributed by atoms with Gasteiger partial charge in [-0.1, -0.05) is 42.2 Å². The molecule has 3 aliphatic rings. The van der Waals surface area contributed by atoms with E-state index in [1.165, 1.54) is 0 Å². The van der Waals surface area contributed by atoms with Crippen LogP contribution in [0.4, 0.5) is 4.79 Å². The zero-order valence-corrected chi connectivity index (χ0v) is 24.4. The summed E-state index contributed by atoms with van der Waals surface area (Å²) in [4.78, 5) is 31.1. The van der Waals surface area contributed by atoms with Gasteiger partial charge >= 0.3 is 12.1 Å². The average molecular weight is 564 g/mol. The fourth-order valence-corrected chi connectivity index (χ4v) is 5.03. The Morgan fingerprint density at radius 1 is 1.15 bits per heavy atom. The van der Waals surface area contributed by atoms with Crippen molar-refractivity contribution in [1.82, 2.24) is 15.2 Å². The molecule has 9 heteroatoms. The number of pyridine rings is 1. The van der Waals surface area contributed by atoms with E-state index < -0.39 is 29.3 Å². The summed E-state index contributed by atoms with van der Waals surface area (Å²) in [6.07, 6.45) is 2.31. The average Bonchev–Trinajstić information content (AvgIpc) is 2.92. The van der Waals surface area contributed by atoms with E-state index in [0.717, 1.165) is 42.8 Å². The van der Waals surface area contributed by atoms with E-state index in [2.05, 4.69) is 22.1 Å². The summed E-state index contributed by atoms with van der Waals surface area (Å²) in [5, 5.41) is 13.7. The number of benzene rings is 1. The van der Waals surface area contributed by atoms with Gasteiger partial charge < -0.3 is 24.6 Å². The topological polar surface area (TPSA) is 110 Å². The van der Waals surface area contributed by atoms with Crippen molar-refractivity contribution in [1.29, 1.82) is 0 Å². The molecule has 0 radical (unpaired) electrons. The van der Waals surface area contributed by atoms with E-state index in [9.17, 15) is 14.7 Å². The second-order valence-corrected chi connectivity index (χ2v) is 11.8. The minimum Gasteiger partial charge on any atom is -0.478 e. The Morgan fingerprint density at radius 3 is 2.54 bits per heavy atom. The number of hydrogen-bond donors (Lipinski definition) is 2. The molecule has 1 aromatic carbocycles. The van der Waals surface area contributed by atoms with Crippen molar-refractivity contribution in [3.05, 3.63) is 59.3 Å². The molecule has 3 fully saturated rings. The van der Waals surface area contributed by atoms with Crippen molar-refractivity contribution in [2.24, 2.45) is 5.92 Å². The Hall–Kier alpha value is -3.61. The van der Waals surface area contributed by atoms with Gasteiger partial charge in [-0.05, 0) is 65.3 Å². The molecule has 1 unspecified atom stereocenters. The SMILES string of the molecule is C[C@H](NC(=O)OC(C)(C)C)C(=O)OCCCOc1ccc(C#CC2(O)CN3CCC2CC3)c(Cc2ccccc2)n1. The largest absolute Gasteiger partial charge is 0.478 e. The van der Waals surface area contributed by atoms with Crippen LogP contribution in [0.3, 0.4) is 0 Å². The van der Waals surface area contributed by atoms with Crippen LogP contribution in [0.25, 0.3) is 0 Å². The number of hydrogen-bond acceptors (Lipinski definition) is 8. The maximum Gasteiger partial charge on any atom is 0.408 e. The zero-order valence-electron chi connectivity index (χ0n) is 24.4. The van der Waals surface area contributed by atoms with Crippen molar-refractivity contribution in [3.8, 4) is 17.7 Å². The van der Waals surface area contributed by atoms with Gasteiger partial charge in [0.1, 0.15) is 17.2 Å². The number of nitrogens with zero attached hydrogens (tertiary/aromatic N) is 2. The molecule has 4 heterocycles. The number of aromatic nitrogens is 1. The third-order valence-electron chi connectivity index (χ3n) is 7.17. The van der Waals surface area contributed by atoms with Gasteiger partial charge in [0, 0.05) is 36.9 Å². The van der Waals surface area contributed by atoms with E-state index in [4.69, 9.17) is 19.2 Å². The van der Waals surface area contributed by atoms with Gasteiger partial charge in [0.05, 0.1) is 18.9 Å². The second-order valence-electron chi connectivity index (χ2n) is 11.8. The number of nitrogens with one attached hydrogen (secondary N) is 1. The fourth-order valence-electron chi connectivity index (χ4n) is 5.03. The Labute approximate surface area is 242 Å². The zero-order chi connectivity index (χ0) is 29.5. The van der Waals surface area contributed by atoms with Crippen molar-refractivity contribution < 1.29 is 28.9 Å². The van der Waals surface area contributed by atoms with Gasteiger partial charge in [-0.15, -0.1) is 0 Å². The summed E-state index contributed by atoms with van der Waals surface area (Å²) >= 11 is 0. The van der Waals surface area contributed by atoms with Gasteiger partial charge in [0.25, 0.3) is 0 Å². The van der Waals surface area contributed by atoms with Crippen LogP contribution in [0.15, 0.2) is 42.5 Å². The van der Waals surface area contributed by atoms with E-state index in [1.807, 2.05) is 36.4 Å². The van der Waals surface area contributed by atoms with E-state index >= 15 is 0 Å². The normalized spacial score (nSPS) is 22.2. The van der Waals surface area contributed by atoms with Crippen molar-refractivity contribution in [3.63, 3.8) is 0 Å². The summed E-state index contributed by atoms with van der Waals surface area (Å²) in [5.41, 5.74) is 1.00. The number of carbonyl (C=O) groups excluding carboxylic acids is 2. The molecule has 5 rings (SSSR count). The number of fused-ring (bicyclic) bond motifs is 3. The summed E-state index contributed by atoms with van der Waals surface area (Å²) < 4.78 is 16.3. The molecule has 0 aliphatic carbocycles. The minimum absolute atomic E-state index is 0.135. The molecule has 2 N–H and O–H groups in total. The lowest BCUT2D eigenvalue weighted by Crippen LogP contribution is -2.58. The Bertz CT molecular complexity index is 1260. The lowest BCUT2D eigenvalue weighted by molar-refractivity contribution is -0.145. The number of esters is 1. The molecular formula is C32H41N3O6. The maximum absolute atomic E-state index is 12.2. The number of carbonyl (C=O) groups is 2. The van der Waals surface area contributed by atoms with Crippen LogP contribution < -0.4 is 10.1 Å². The maximum atomic E-state index is 12.2. The molecule has 2 bridgehead atoms. The van der Waals surface area contributed by atoms with Gasteiger partial charge in [-0.2, -0.15) is 0 Å². The summed E-state index contributed by atoms with van der Waals surface area (Å²) in [6, 6.07) is 12.9. The Kier molecular flexibility index (Phi) is 9.90. The number of amides is 1. The lowest BCUT2D eigenvalue weighted by atomic mass is 9.75. The van der Waals surface area contributed by atoms with Crippen LogP contribution >= 0.6 is 0 Å². The molecule has 2 aromatic rings. The standard InChI is InChI=1S/C32H41N3O6/c1-23(33-30(37)41-31(2,3)4)29(36)40-20-8-19-39-28-12-11-25(27(34-28)21-24-9-6-5-7-10-24)13-16-32(38)22-35-17-14-26(32)15-18-35/h5-7,9-12,23,26,38H,8,14-15,17-22H2,1-4H3,(H,33,37)/t23-,32?/m0/s1. The third-order valence-corrected chi connectivity index (χ3v) is 7.17. The molecule has 2 atom stereocenters. The van der Waals surface area contributed by atoms with Crippen LogP contribution in [-0.2, 0) is 20.7 Å². The molecule has 1 aromatic heterocycles. The highest BCUT2D eigenvalue weighted by Crippen LogP contribution is 2.35. The number of piperidine rings is 3. The minimum atomic E-state index is -0.993. The van der Waals surface area contributed by atoms with Gasteiger partial charge in [-0.25, -0.2) is 14.6 Å². The Balaban J connectivity index is 1.33. The van der Waals surface area contributed by atoms with Gasteiger partial charge in [-0.3, -0.25) is 4.90 Å². The van der Waals surface area contributed by atoms with Crippen LogP contribution in [-0.4, -0.2) is 77.1 Å². The molecule has 9 nitrogen and oxygen atoms in total. The van der Waals surface area contributed by atoms with Crippen LogP contribution in [0, 0.1) is 17.8 Å². The first-order chi connectivity index (χ1) is 19.5. The molecule has 0 spiro atoms. The highest BCUT2D eigenvalue weighted by Gasteiger charge is 2.44. The van der Waals surface area contributed by atoms with Crippen LogP contribution in [0.2, 0.25) is 0 Å². The molecule has 3 saturated heterocycles. The Morgan fingerprint density at radius 2 is 1.88 bits per heavy atom. The second kappa shape index (κ2) is 13.4. The van der Waals surface area contributed by atoms with Gasteiger partial charge in [0.2, 0.25) is 5.88 Å². The predicted octanol–water partition coefficient (Wildman–Crippen LogP) is 3.71. The number of alkyl carbamates (subject to hydrolysis) is 1. The first-order valence-corrected chi connectivity index (χ1v) is 14.3. The summed E-state index contributed by atoms with van der Waals surface area (Å²) in [6.45, 7) is 9.87. The van der Waals surface area contributed by atoms with Crippen molar-refractivity contribution in [2.75, 3.05) is 32.8 Å². The van der Waals surface area contributed by atoms with E-state index in [0.29, 0.717) is 31.9 Å². The van der Waals surface area contributed by atoms with Gasteiger partial charge in [0.15, 0.2) is 0 Å². The monoisotopic (exact) mass is 563 g/mol. The third kappa shape index (κ3) is 8.94. The van der Waals surface area contributed by atoms with E-state index in [1.54, 1.807) is 33.8 Å². The quantitative estimate of drug-likeness (QED) is 0.270. The molecule has 1 amide bonds. The predicted molar refractivity (Wildman–Crippen MR) is 154 cm³/mol. The number of ether oxygens (including phenoxy) is 3. The van der Waals surface area contributed by atoms with Crippen LogP contribution in [0.1, 0.15) is 63.8 Å². The summed E-state index contributed by atoms with van der Waals surface area (Å²) in [5.74, 6) is 6.54. The highest BCUT2D eigenvalue weighted by molar-refractivity contribution is 5.81. The van der Waals surface area contributed by atoms with Crippen molar-refractivity contribution in [2.45, 2.75) is 70.6 Å². The lowest BCUT2D eigenvalue weighted by Gasteiger charge is -2.47. The fraction of sp³-hybridized carbons (Fsp3) is 0.531. The van der Waals surface area contributed by atoms with E-state index in [-0.39, 0.29) is 12.5 Å². The smallest absolute Gasteiger partial charge is 0.408 e. The highest BCUT2D eigenvalue weighted by atomic mass is 16.6. The number of rotatable bonds is 9. The molecule has 3 aliphatic heterocycles. The number of aliphatic hydroxyl groups is 1. The van der Waals surface area contributed by atoms with Crippen LogP contribution in [0.5, 0.6) is 5.88 Å². The molecule has 0 saturated carbocycles. The molecule has 220 valence electrons. The first-order valence-electron chi connectivity index (χ1n) is 14.3. The molecule has 41 heavy (non-hydrogen) atoms. The van der Waals surface area contributed by atoms with Crippen molar-refractivity contribution >= 4 is 12.1 Å². The first kappa shape index (κ1) is 30.4. The molecular weight excluding hydrogens is 522 g/mol. The summed E-state index contributed by atoms with van der Waals surface area (Å²) in [7, 11) is 0.